The Bertz CT molecular complexity index is 1120. The van der Waals surface area contributed by atoms with Crippen LogP contribution in [0.5, 0.6) is 0 Å². The van der Waals surface area contributed by atoms with Crippen LogP contribution in [0.25, 0.3) is 10.8 Å². The zero-order chi connectivity index (χ0) is 22.9. The Labute approximate surface area is 184 Å². The van der Waals surface area contributed by atoms with Crippen LogP contribution in [0.4, 0.5) is 22.0 Å². The molecular weight excluding hydrogens is 419 g/mol. The third-order valence-electron chi connectivity index (χ3n) is 6.66. The number of allylic oxidation sites excluding steroid dienone is 1. The van der Waals surface area contributed by atoms with E-state index < -0.39 is 17.6 Å². The monoisotopic (exact) mass is 444 g/mol. The maximum atomic E-state index is 15.1. The molecule has 0 atom stereocenters. The van der Waals surface area contributed by atoms with Gasteiger partial charge in [-0.3, -0.25) is 0 Å². The second kappa shape index (κ2) is 9.05. The predicted molar refractivity (Wildman–Crippen MR) is 118 cm³/mol. The summed E-state index contributed by atoms with van der Waals surface area (Å²) in [6.45, 7) is 3.89. The van der Waals surface area contributed by atoms with Crippen molar-refractivity contribution < 1.29 is 22.0 Å². The molecule has 1 aliphatic rings. The SMILES string of the molecule is C=CC1CCC(c2ccc3c(F)c(CCc4ccc(C(F)(F)F)c(F)c4)ccc3c2)CC1. The van der Waals surface area contributed by atoms with Gasteiger partial charge in [-0.05, 0) is 84.6 Å². The smallest absolute Gasteiger partial charge is 0.206 e. The molecule has 3 aromatic carbocycles. The van der Waals surface area contributed by atoms with Gasteiger partial charge in [0.15, 0.2) is 0 Å². The van der Waals surface area contributed by atoms with E-state index in [0.717, 1.165) is 43.2 Å². The summed E-state index contributed by atoms with van der Waals surface area (Å²) in [5.74, 6) is -0.557. The maximum Gasteiger partial charge on any atom is 0.419 e. The highest BCUT2D eigenvalue weighted by molar-refractivity contribution is 5.84. The summed E-state index contributed by atoms with van der Waals surface area (Å²) < 4.78 is 67.1. The second-order valence-corrected chi connectivity index (χ2v) is 8.68. The van der Waals surface area contributed by atoms with Crippen molar-refractivity contribution in [3.8, 4) is 0 Å². The van der Waals surface area contributed by atoms with Crippen molar-refractivity contribution in [1.82, 2.24) is 0 Å². The lowest BCUT2D eigenvalue weighted by Gasteiger charge is -2.27. The lowest BCUT2D eigenvalue weighted by Crippen LogP contribution is -2.11. The van der Waals surface area contributed by atoms with Gasteiger partial charge in [-0.15, -0.1) is 6.58 Å². The van der Waals surface area contributed by atoms with Gasteiger partial charge in [-0.2, -0.15) is 13.2 Å². The normalized spacial score (nSPS) is 19.3. The first kappa shape index (κ1) is 22.5. The van der Waals surface area contributed by atoms with Gasteiger partial charge in [0.05, 0.1) is 5.56 Å². The lowest BCUT2D eigenvalue weighted by molar-refractivity contribution is -0.140. The fourth-order valence-corrected chi connectivity index (χ4v) is 4.71. The van der Waals surface area contributed by atoms with Crippen LogP contribution in [0.15, 0.2) is 61.2 Å². The number of aryl methyl sites for hydroxylation is 2. The Kier molecular flexibility index (Phi) is 6.36. The molecule has 0 spiro atoms. The van der Waals surface area contributed by atoms with Gasteiger partial charge in [0.2, 0.25) is 0 Å². The lowest BCUT2D eigenvalue weighted by atomic mass is 9.78. The highest BCUT2D eigenvalue weighted by atomic mass is 19.4. The summed E-state index contributed by atoms with van der Waals surface area (Å²) >= 11 is 0. The number of hydrogen-bond acceptors (Lipinski definition) is 0. The topological polar surface area (TPSA) is 0 Å². The van der Waals surface area contributed by atoms with Gasteiger partial charge in [0.1, 0.15) is 11.6 Å². The van der Waals surface area contributed by atoms with E-state index in [2.05, 4.69) is 12.6 Å². The fraction of sp³-hybridized carbons (Fsp3) is 0.333. The first-order valence-electron chi connectivity index (χ1n) is 11.0. The molecular formula is C27H25F5. The molecule has 4 rings (SSSR count). The minimum absolute atomic E-state index is 0.252. The Hall–Kier alpha value is -2.69. The van der Waals surface area contributed by atoms with Crippen LogP contribution in [-0.4, -0.2) is 0 Å². The molecule has 0 bridgehead atoms. The molecule has 0 amide bonds. The van der Waals surface area contributed by atoms with E-state index in [4.69, 9.17) is 0 Å². The number of hydrogen-bond donors (Lipinski definition) is 0. The summed E-state index contributed by atoms with van der Waals surface area (Å²) in [5.41, 5.74) is 0.817. The van der Waals surface area contributed by atoms with Gasteiger partial charge >= 0.3 is 6.18 Å². The third-order valence-corrected chi connectivity index (χ3v) is 6.66. The van der Waals surface area contributed by atoms with E-state index in [1.807, 2.05) is 24.3 Å². The summed E-state index contributed by atoms with van der Waals surface area (Å²) in [6, 6.07) is 12.4. The molecule has 0 N–H and O–H groups in total. The maximum absolute atomic E-state index is 15.1. The number of fused-ring (bicyclic) bond motifs is 1. The van der Waals surface area contributed by atoms with Crippen molar-refractivity contribution in [2.45, 2.75) is 50.6 Å². The van der Waals surface area contributed by atoms with Crippen molar-refractivity contribution in [3.63, 3.8) is 0 Å². The van der Waals surface area contributed by atoms with Gasteiger partial charge in [0, 0.05) is 5.39 Å². The summed E-state index contributed by atoms with van der Waals surface area (Å²) in [4.78, 5) is 0. The van der Waals surface area contributed by atoms with Crippen LogP contribution >= 0.6 is 0 Å². The Morgan fingerprint density at radius 2 is 1.62 bits per heavy atom. The minimum atomic E-state index is -4.73. The van der Waals surface area contributed by atoms with Crippen LogP contribution in [0.2, 0.25) is 0 Å². The van der Waals surface area contributed by atoms with Crippen molar-refractivity contribution in [3.05, 3.63) is 95.1 Å². The summed E-state index contributed by atoms with van der Waals surface area (Å²) in [6.07, 6.45) is 2.30. The third kappa shape index (κ3) is 4.72. The zero-order valence-corrected chi connectivity index (χ0v) is 17.7. The fourth-order valence-electron chi connectivity index (χ4n) is 4.71. The van der Waals surface area contributed by atoms with E-state index in [-0.39, 0.29) is 18.7 Å². The molecule has 0 saturated heterocycles. The van der Waals surface area contributed by atoms with Crippen LogP contribution < -0.4 is 0 Å². The quantitative estimate of drug-likeness (QED) is 0.274. The highest BCUT2D eigenvalue weighted by Crippen LogP contribution is 2.37. The molecule has 0 aromatic heterocycles. The average Bonchev–Trinajstić information content (AvgIpc) is 2.77. The van der Waals surface area contributed by atoms with E-state index in [9.17, 15) is 17.6 Å². The Morgan fingerprint density at radius 3 is 2.28 bits per heavy atom. The van der Waals surface area contributed by atoms with Crippen LogP contribution in [0, 0.1) is 17.6 Å². The first-order chi connectivity index (χ1) is 15.3. The van der Waals surface area contributed by atoms with Crippen molar-refractivity contribution in [2.75, 3.05) is 0 Å². The molecule has 1 fully saturated rings. The molecule has 32 heavy (non-hydrogen) atoms. The van der Waals surface area contributed by atoms with Crippen molar-refractivity contribution >= 4 is 10.8 Å². The van der Waals surface area contributed by atoms with Crippen LogP contribution in [0.3, 0.4) is 0 Å². The standard InChI is InChI=1S/C27H25F5/c1-2-17-3-7-19(8-4-17)21-12-13-23-22(16-21)11-10-20(26(23)29)9-5-18-6-14-24(25(28)15-18)27(30,31)32/h2,6,10-17,19H,1,3-5,7-9H2. The minimum Gasteiger partial charge on any atom is -0.206 e. The number of rotatable bonds is 5. The van der Waals surface area contributed by atoms with Gasteiger partial charge in [-0.25, -0.2) is 8.78 Å². The van der Waals surface area contributed by atoms with Gasteiger partial charge in [-0.1, -0.05) is 42.5 Å². The molecule has 0 unspecified atom stereocenters. The molecule has 0 nitrogen and oxygen atoms in total. The molecule has 0 aliphatic heterocycles. The van der Waals surface area contributed by atoms with Gasteiger partial charge in [0.25, 0.3) is 0 Å². The van der Waals surface area contributed by atoms with E-state index in [1.165, 1.54) is 11.6 Å². The molecule has 168 valence electrons. The Morgan fingerprint density at radius 1 is 0.875 bits per heavy atom. The van der Waals surface area contributed by atoms with Crippen molar-refractivity contribution in [1.29, 1.82) is 0 Å². The van der Waals surface area contributed by atoms with E-state index in [1.54, 1.807) is 6.07 Å². The molecule has 5 heteroatoms. The highest BCUT2D eigenvalue weighted by Gasteiger charge is 2.33. The molecule has 0 heterocycles. The Balaban J connectivity index is 1.49. The molecule has 1 aliphatic carbocycles. The van der Waals surface area contributed by atoms with Crippen molar-refractivity contribution in [2.24, 2.45) is 5.92 Å². The van der Waals surface area contributed by atoms with Crippen LogP contribution in [-0.2, 0) is 19.0 Å². The number of benzene rings is 3. The molecule has 3 aromatic rings. The first-order valence-corrected chi connectivity index (χ1v) is 11.0. The zero-order valence-electron chi connectivity index (χ0n) is 17.7. The van der Waals surface area contributed by atoms with E-state index >= 15 is 4.39 Å². The molecule has 0 radical (unpaired) electrons. The number of alkyl halides is 3. The summed E-state index contributed by atoms with van der Waals surface area (Å²) in [7, 11) is 0. The average molecular weight is 444 g/mol. The van der Waals surface area contributed by atoms with Crippen LogP contribution in [0.1, 0.15) is 53.9 Å². The molecule has 1 saturated carbocycles. The predicted octanol–water partition coefficient (Wildman–Crippen LogP) is 8.38. The number of halogens is 5. The van der Waals surface area contributed by atoms with E-state index in [0.29, 0.717) is 28.3 Å². The largest absolute Gasteiger partial charge is 0.419 e. The summed E-state index contributed by atoms with van der Waals surface area (Å²) in [5, 5.41) is 1.37. The second-order valence-electron chi connectivity index (χ2n) is 8.68. The van der Waals surface area contributed by atoms with Gasteiger partial charge < -0.3 is 0 Å².